The first kappa shape index (κ1) is 9.83. The Morgan fingerprint density at radius 2 is 2.13 bits per heavy atom. The first-order valence-corrected chi connectivity index (χ1v) is 4.71. The van der Waals surface area contributed by atoms with Crippen LogP contribution in [0.3, 0.4) is 0 Å². The monoisotopic (exact) mass is 206 g/mol. The van der Waals surface area contributed by atoms with Gasteiger partial charge in [-0.25, -0.2) is 9.40 Å². The van der Waals surface area contributed by atoms with E-state index in [-0.39, 0.29) is 11.7 Å². The Morgan fingerprint density at radius 3 is 2.67 bits per heavy atom. The van der Waals surface area contributed by atoms with Gasteiger partial charge in [0.05, 0.1) is 12.1 Å². The minimum absolute atomic E-state index is 0.0708. The van der Waals surface area contributed by atoms with E-state index in [9.17, 15) is 9.18 Å². The summed E-state index contributed by atoms with van der Waals surface area (Å²) in [6, 6.07) is 4.53. The summed E-state index contributed by atoms with van der Waals surface area (Å²) in [5, 5.41) is 5.41. The number of hydrogen-bond donors (Lipinski definition) is 0. The van der Waals surface area contributed by atoms with E-state index in [0.717, 1.165) is 5.71 Å². The molecule has 15 heavy (non-hydrogen) atoms. The van der Waals surface area contributed by atoms with Crippen molar-refractivity contribution in [2.24, 2.45) is 5.10 Å². The third-order valence-electron chi connectivity index (χ3n) is 2.30. The number of nitrogens with zero attached hydrogens (tertiary/aromatic N) is 2. The molecule has 0 saturated heterocycles. The molecule has 0 N–H and O–H groups in total. The molecule has 1 aliphatic heterocycles. The number of carbonyl (C=O) groups excluding carboxylic acids is 1. The second-order valence-electron chi connectivity index (χ2n) is 3.65. The van der Waals surface area contributed by atoms with Crippen LogP contribution in [0.15, 0.2) is 23.3 Å². The van der Waals surface area contributed by atoms with E-state index < -0.39 is 0 Å². The lowest BCUT2D eigenvalue weighted by molar-refractivity contribution is -0.116. The van der Waals surface area contributed by atoms with Crippen LogP contribution in [0.25, 0.3) is 0 Å². The molecule has 0 spiro atoms. The van der Waals surface area contributed by atoms with Gasteiger partial charge in [-0.15, -0.1) is 0 Å². The van der Waals surface area contributed by atoms with E-state index in [0.29, 0.717) is 17.7 Å². The summed E-state index contributed by atoms with van der Waals surface area (Å²) in [5.74, 6) is -0.343. The molecule has 0 bridgehead atoms. The van der Waals surface area contributed by atoms with Gasteiger partial charge in [0.15, 0.2) is 0 Å². The molecule has 2 rings (SSSR count). The summed E-state index contributed by atoms with van der Waals surface area (Å²) in [6.45, 7) is 3.46. The fourth-order valence-electron chi connectivity index (χ4n) is 1.52. The van der Waals surface area contributed by atoms with Gasteiger partial charge in [-0.3, -0.25) is 4.79 Å². The maximum Gasteiger partial charge on any atom is 0.253 e. The van der Waals surface area contributed by atoms with Crippen molar-refractivity contribution in [2.45, 2.75) is 20.3 Å². The van der Waals surface area contributed by atoms with E-state index in [2.05, 4.69) is 5.10 Å². The van der Waals surface area contributed by atoms with Crippen LogP contribution in [0.4, 0.5) is 10.1 Å². The molecule has 0 atom stereocenters. The lowest BCUT2D eigenvalue weighted by Gasteiger charge is -2.12. The van der Waals surface area contributed by atoms with Crippen molar-refractivity contribution >= 4 is 17.3 Å². The Kier molecular flexibility index (Phi) is 2.26. The minimum Gasteiger partial charge on any atom is -0.272 e. The van der Waals surface area contributed by atoms with E-state index in [1.54, 1.807) is 26.0 Å². The van der Waals surface area contributed by atoms with Crippen molar-refractivity contribution in [1.29, 1.82) is 0 Å². The molecule has 1 aliphatic rings. The second-order valence-corrected chi connectivity index (χ2v) is 3.65. The topological polar surface area (TPSA) is 32.7 Å². The highest BCUT2D eigenvalue weighted by Gasteiger charge is 2.22. The Morgan fingerprint density at radius 1 is 1.40 bits per heavy atom. The van der Waals surface area contributed by atoms with Crippen LogP contribution in [-0.2, 0) is 4.79 Å². The number of hydrogen-bond acceptors (Lipinski definition) is 2. The molecule has 78 valence electrons. The number of halogens is 1. The highest BCUT2D eigenvalue weighted by atomic mass is 19.1. The van der Waals surface area contributed by atoms with Crippen LogP contribution in [0.1, 0.15) is 18.9 Å². The normalized spacial score (nSPS) is 15.8. The molecule has 4 heteroatoms. The minimum atomic E-state index is -0.272. The van der Waals surface area contributed by atoms with Gasteiger partial charge in [-0.05, 0) is 37.6 Å². The van der Waals surface area contributed by atoms with Gasteiger partial charge < -0.3 is 0 Å². The lowest BCUT2D eigenvalue weighted by Crippen LogP contribution is -2.19. The van der Waals surface area contributed by atoms with Crippen molar-refractivity contribution in [3.05, 3.63) is 29.6 Å². The van der Waals surface area contributed by atoms with Crippen LogP contribution in [0.2, 0.25) is 0 Å². The van der Waals surface area contributed by atoms with Crippen molar-refractivity contribution in [1.82, 2.24) is 0 Å². The van der Waals surface area contributed by atoms with E-state index >= 15 is 0 Å². The fourth-order valence-corrected chi connectivity index (χ4v) is 1.52. The number of hydrazone groups is 1. The first-order chi connectivity index (χ1) is 7.08. The van der Waals surface area contributed by atoms with Crippen molar-refractivity contribution in [2.75, 3.05) is 5.01 Å². The summed E-state index contributed by atoms with van der Waals surface area (Å²) in [5.41, 5.74) is 1.91. The van der Waals surface area contributed by atoms with E-state index in [1.807, 2.05) is 0 Å². The lowest BCUT2D eigenvalue weighted by atomic mass is 10.2. The SMILES string of the molecule is CC1=NN(c2ccc(F)c(C)c2)C(=O)C1. The third-order valence-corrected chi connectivity index (χ3v) is 2.30. The molecule has 0 fully saturated rings. The molecule has 1 amide bonds. The van der Waals surface area contributed by atoms with Crippen molar-refractivity contribution < 1.29 is 9.18 Å². The average Bonchev–Trinajstić information content (AvgIpc) is 2.50. The maximum absolute atomic E-state index is 13.0. The van der Waals surface area contributed by atoms with Crippen LogP contribution in [0.5, 0.6) is 0 Å². The van der Waals surface area contributed by atoms with Crippen LogP contribution in [-0.4, -0.2) is 11.6 Å². The Balaban J connectivity index is 2.38. The zero-order chi connectivity index (χ0) is 11.0. The smallest absolute Gasteiger partial charge is 0.253 e. The van der Waals surface area contributed by atoms with Gasteiger partial charge in [-0.2, -0.15) is 5.10 Å². The van der Waals surface area contributed by atoms with Crippen LogP contribution in [0, 0.1) is 12.7 Å². The van der Waals surface area contributed by atoms with Gasteiger partial charge in [0.2, 0.25) is 0 Å². The highest BCUT2D eigenvalue weighted by Crippen LogP contribution is 2.22. The van der Waals surface area contributed by atoms with Gasteiger partial charge in [-0.1, -0.05) is 0 Å². The molecule has 0 unspecified atom stereocenters. The van der Waals surface area contributed by atoms with Gasteiger partial charge in [0.1, 0.15) is 5.82 Å². The number of amides is 1. The number of anilines is 1. The predicted octanol–water partition coefficient (Wildman–Crippen LogP) is 2.25. The Hall–Kier alpha value is -1.71. The van der Waals surface area contributed by atoms with Crippen LogP contribution < -0.4 is 5.01 Å². The number of carbonyl (C=O) groups is 1. The standard InChI is InChI=1S/C11H11FN2O/c1-7-5-9(3-4-10(7)12)14-11(15)6-8(2)13-14/h3-5H,6H2,1-2H3. The quantitative estimate of drug-likeness (QED) is 0.693. The van der Waals surface area contributed by atoms with Gasteiger partial charge in [0, 0.05) is 5.71 Å². The first-order valence-electron chi connectivity index (χ1n) is 4.71. The zero-order valence-corrected chi connectivity index (χ0v) is 8.62. The van der Waals surface area contributed by atoms with Crippen LogP contribution >= 0.6 is 0 Å². The third kappa shape index (κ3) is 1.75. The molecular weight excluding hydrogens is 195 g/mol. The number of aryl methyl sites for hydroxylation is 1. The second kappa shape index (κ2) is 3.46. The van der Waals surface area contributed by atoms with E-state index in [4.69, 9.17) is 0 Å². The molecule has 1 aromatic rings. The molecule has 3 nitrogen and oxygen atoms in total. The molecule has 1 aromatic carbocycles. The summed E-state index contributed by atoms with van der Waals surface area (Å²) in [7, 11) is 0. The summed E-state index contributed by atoms with van der Waals surface area (Å²) >= 11 is 0. The molecule has 0 saturated carbocycles. The van der Waals surface area contributed by atoms with E-state index in [1.165, 1.54) is 11.1 Å². The van der Waals surface area contributed by atoms with Gasteiger partial charge >= 0.3 is 0 Å². The number of rotatable bonds is 1. The summed E-state index contributed by atoms with van der Waals surface area (Å²) < 4.78 is 13.0. The Bertz CT molecular complexity index is 454. The van der Waals surface area contributed by atoms with Gasteiger partial charge in [0.25, 0.3) is 5.91 Å². The molecule has 1 heterocycles. The zero-order valence-electron chi connectivity index (χ0n) is 8.62. The van der Waals surface area contributed by atoms with Crippen molar-refractivity contribution in [3.63, 3.8) is 0 Å². The maximum atomic E-state index is 13.0. The largest absolute Gasteiger partial charge is 0.272 e. The molecule has 0 aliphatic carbocycles. The fraction of sp³-hybridized carbons (Fsp3) is 0.273. The van der Waals surface area contributed by atoms with Crippen molar-refractivity contribution in [3.8, 4) is 0 Å². The predicted molar refractivity (Wildman–Crippen MR) is 56.3 cm³/mol. The summed E-state index contributed by atoms with van der Waals surface area (Å²) in [6.07, 6.45) is 0.344. The Labute approximate surface area is 87.2 Å². The molecule has 0 radical (unpaired) electrons. The molecule has 0 aromatic heterocycles. The highest BCUT2D eigenvalue weighted by molar-refractivity contribution is 6.12. The number of benzene rings is 1. The summed E-state index contributed by atoms with van der Waals surface area (Å²) in [4.78, 5) is 11.5. The molecular formula is C11H11FN2O. The average molecular weight is 206 g/mol.